The summed E-state index contributed by atoms with van der Waals surface area (Å²) in [5, 5.41) is 0. The number of fused-ring (bicyclic) bond motifs is 3. The molecule has 2 nitrogen and oxygen atoms in total. The Morgan fingerprint density at radius 3 is 2.56 bits per heavy atom. The lowest BCUT2D eigenvalue weighted by Gasteiger charge is -2.34. The van der Waals surface area contributed by atoms with Crippen LogP contribution in [0.1, 0.15) is 44.9 Å². The van der Waals surface area contributed by atoms with E-state index in [1.165, 1.54) is 38.5 Å². The second kappa shape index (κ2) is 4.14. The zero-order valence-electron chi connectivity index (χ0n) is 10.2. The number of carbonyl (C=O) groups excluding carboxylic acids is 1. The normalized spacial score (nSPS) is 47.6. The molecule has 3 aliphatic carbocycles. The van der Waals surface area contributed by atoms with Gasteiger partial charge in [0.1, 0.15) is 5.78 Å². The van der Waals surface area contributed by atoms with Gasteiger partial charge in [0.15, 0.2) is 0 Å². The molecule has 0 aliphatic heterocycles. The number of rotatable bonds is 1. The van der Waals surface area contributed by atoms with Gasteiger partial charge in [-0.3, -0.25) is 4.79 Å². The first-order chi connectivity index (χ1) is 7.81. The smallest absolute Gasteiger partial charge is 0.139 e. The topological polar surface area (TPSA) is 26.3 Å². The standard InChI is InChI=1S/C14H22O2/c1-16-9-6-7-11-10-4-2-3-5-12(10)14(15)13(11)8-9/h9-13H,2-8H2,1H3. The molecule has 5 atom stereocenters. The fraction of sp³-hybridized carbons (Fsp3) is 0.929. The zero-order chi connectivity index (χ0) is 11.1. The van der Waals surface area contributed by atoms with Crippen molar-refractivity contribution in [1.29, 1.82) is 0 Å². The second-order valence-corrected chi connectivity index (χ2v) is 5.90. The maximum Gasteiger partial charge on any atom is 0.139 e. The second-order valence-electron chi connectivity index (χ2n) is 5.90. The lowest BCUT2D eigenvalue weighted by molar-refractivity contribution is -0.126. The van der Waals surface area contributed by atoms with Gasteiger partial charge in [-0.05, 0) is 43.9 Å². The van der Waals surface area contributed by atoms with Crippen LogP contribution >= 0.6 is 0 Å². The van der Waals surface area contributed by atoms with Gasteiger partial charge in [0, 0.05) is 18.9 Å². The molecule has 3 aliphatic rings. The van der Waals surface area contributed by atoms with Gasteiger partial charge in [0.05, 0.1) is 6.10 Å². The van der Waals surface area contributed by atoms with Crippen LogP contribution in [0.3, 0.4) is 0 Å². The SMILES string of the molecule is COC1CCC2C(C1)C(=O)C1CCCCC12. The van der Waals surface area contributed by atoms with Crippen molar-refractivity contribution in [2.75, 3.05) is 7.11 Å². The van der Waals surface area contributed by atoms with E-state index in [4.69, 9.17) is 4.74 Å². The van der Waals surface area contributed by atoms with Crippen molar-refractivity contribution in [3.05, 3.63) is 0 Å². The maximum atomic E-state index is 12.4. The highest BCUT2D eigenvalue weighted by atomic mass is 16.5. The van der Waals surface area contributed by atoms with Crippen LogP contribution in [0.25, 0.3) is 0 Å². The minimum absolute atomic E-state index is 0.352. The quantitative estimate of drug-likeness (QED) is 0.682. The van der Waals surface area contributed by atoms with Gasteiger partial charge < -0.3 is 4.74 Å². The maximum absolute atomic E-state index is 12.4. The first-order valence-electron chi connectivity index (χ1n) is 6.87. The van der Waals surface area contributed by atoms with E-state index >= 15 is 0 Å². The van der Waals surface area contributed by atoms with Crippen LogP contribution in [0.4, 0.5) is 0 Å². The monoisotopic (exact) mass is 222 g/mol. The first-order valence-corrected chi connectivity index (χ1v) is 6.87. The van der Waals surface area contributed by atoms with E-state index < -0.39 is 0 Å². The third-order valence-corrected chi connectivity index (χ3v) is 5.29. The Kier molecular flexibility index (Phi) is 2.78. The summed E-state index contributed by atoms with van der Waals surface area (Å²) in [6.45, 7) is 0. The van der Waals surface area contributed by atoms with Crippen molar-refractivity contribution in [2.24, 2.45) is 23.7 Å². The van der Waals surface area contributed by atoms with E-state index in [0.717, 1.165) is 12.3 Å². The number of hydrogen-bond donors (Lipinski definition) is 0. The van der Waals surface area contributed by atoms with Crippen molar-refractivity contribution in [1.82, 2.24) is 0 Å². The van der Waals surface area contributed by atoms with Crippen molar-refractivity contribution in [3.63, 3.8) is 0 Å². The summed E-state index contributed by atoms with van der Waals surface area (Å²) in [5.41, 5.74) is 0. The van der Waals surface area contributed by atoms with Gasteiger partial charge in [-0.15, -0.1) is 0 Å². The molecule has 16 heavy (non-hydrogen) atoms. The molecule has 0 aromatic heterocycles. The van der Waals surface area contributed by atoms with Crippen molar-refractivity contribution in [3.8, 4) is 0 Å². The number of methoxy groups -OCH3 is 1. The van der Waals surface area contributed by atoms with Crippen LogP contribution in [0, 0.1) is 23.7 Å². The fourth-order valence-corrected chi connectivity index (χ4v) is 4.51. The molecule has 3 fully saturated rings. The highest BCUT2D eigenvalue weighted by Crippen LogP contribution is 2.52. The molecule has 2 heteroatoms. The molecule has 0 N–H and O–H groups in total. The van der Waals surface area contributed by atoms with E-state index in [-0.39, 0.29) is 0 Å². The van der Waals surface area contributed by atoms with Crippen LogP contribution in [0.2, 0.25) is 0 Å². The Balaban J connectivity index is 1.79. The molecule has 0 aromatic rings. The Hall–Kier alpha value is -0.370. The molecule has 0 aromatic carbocycles. The Bertz CT molecular complexity index is 286. The molecule has 0 bridgehead atoms. The molecule has 0 spiro atoms. The van der Waals surface area contributed by atoms with Crippen molar-refractivity contribution >= 4 is 5.78 Å². The zero-order valence-corrected chi connectivity index (χ0v) is 10.2. The molecule has 3 rings (SSSR count). The number of ketones is 1. The van der Waals surface area contributed by atoms with Gasteiger partial charge in [-0.2, -0.15) is 0 Å². The van der Waals surface area contributed by atoms with Gasteiger partial charge in [0.2, 0.25) is 0 Å². The summed E-state index contributed by atoms with van der Waals surface area (Å²) >= 11 is 0. The summed E-state index contributed by atoms with van der Waals surface area (Å²) in [7, 11) is 1.79. The predicted octanol–water partition coefficient (Wildman–Crippen LogP) is 2.81. The van der Waals surface area contributed by atoms with E-state index in [1.54, 1.807) is 7.11 Å². The lowest BCUT2D eigenvalue weighted by Crippen LogP contribution is -2.30. The molecule has 0 saturated heterocycles. The van der Waals surface area contributed by atoms with Crippen LogP contribution in [-0.2, 0) is 9.53 Å². The van der Waals surface area contributed by atoms with Crippen molar-refractivity contribution < 1.29 is 9.53 Å². The lowest BCUT2D eigenvalue weighted by atomic mass is 9.73. The van der Waals surface area contributed by atoms with E-state index in [2.05, 4.69) is 0 Å². The van der Waals surface area contributed by atoms with Crippen LogP contribution < -0.4 is 0 Å². The predicted molar refractivity (Wildman–Crippen MR) is 62.1 cm³/mol. The third kappa shape index (κ3) is 1.54. The molecule has 0 radical (unpaired) electrons. The van der Waals surface area contributed by atoms with Crippen molar-refractivity contribution in [2.45, 2.75) is 51.0 Å². The molecule has 3 saturated carbocycles. The first kappa shape index (κ1) is 10.8. The van der Waals surface area contributed by atoms with E-state index in [9.17, 15) is 4.79 Å². The summed E-state index contributed by atoms with van der Waals surface area (Å²) in [5.74, 6) is 2.83. The largest absolute Gasteiger partial charge is 0.381 e. The average Bonchev–Trinajstić information content (AvgIpc) is 2.64. The van der Waals surface area contributed by atoms with Crippen LogP contribution in [0.5, 0.6) is 0 Å². The average molecular weight is 222 g/mol. The highest BCUT2D eigenvalue weighted by molar-refractivity contribution is 5.86. The summed E-state index contributed by atoms with van der Waals surface area (Å²) in [4.78, 5) is 12.4. The minimum atomic E-state index is 0.352. The Morgan fingerprint density at radius 1 is 1.00 bits per heavy atom. The Morgan fingerprint density at radius 2 is 1.75 bits per heavy atom. The molecule has 5 unspecified atom stereocenters. The van der Waals surface area contributed by atoms with Gasteiger partial charge in [-0.25, -0.2) is 0 Å². The molecule has 0 heterocycles. The van der Waals surface area contributed by atoms with Gasteiger partial charge >= 0.3 is 0 Å². The van der Waals surface area contributed by atoms with Gasteiger partial charge in [-0.1, -0.05) is 12.8 Å². The summed E-state index contributed by atoms with van der Waals surface area (Å²) in [6, 6.07) is 0. The highest BCUT2D eigenvalue weighted by Gasteiger charge is 2.51. The van der Waals surface area contributed by atoms with Crippen LogP contribution in [-0.4, -0.2) is 19.0 Å². The fourth-order valence-electron chi connectivity index (χ4n) is 4.51. The van der Waals surface area contributed by atoms with Gasteiger partial charge in [0.25, 0.3) is 0 Å². The summed E-state index contributed by atoms with van der Waals surface area (Å²) < 4.78 is 5.45. The number of hydrogen-bond acceptors (Lipinski definition) is 2. The van der Waals surface area contributed by atoms with E-state index in [0.29, 0.717) is 29.6 Å². The number of ether oxygens (including phenoxy) is 1. The summed E-state index contributed by atoms with van der Waals surface area (Å²) in [6.07, 6.45) is 8.89. The Labute approximate surface area is 97.7 Å². The number of carbonyl (C=O) groups is 1. The molecular weight excluding hydrogens is 200 g/mol. The number of Topliss-reactive ketones (excluding diaryl/α,β-unsaturated/α-hetero) is 1. The minimum Gasteiger partial charge on any atom is -0.381 e. The molecule has 90 valence electrons. The third-order valence-electron chi connectivity index (χ3n) is 5.29. The molecule has 0 amide bonds. The van der Waals surface area contributed by atoms with E-state index in [1.807, 2.05) is 0 Å². The van der Waals surface area contributed by atoms with Crippen LogP contribution in [0.15, 0.2) is 0 Å². The molecular formula is C14H22O2.